The number of ether oxygens (including phenoxy) is 4. The van der Waals surface area contributed by atoms with Crippen molar-refractivity contribution in [3.05, 3.63) is 42.5 Å². The zero-order valence-corrected chi connectivity index (χ0v) is 14.2. The van der Waals surface area contributed by atoms with Gasteiger partial charge in [-0.05, 0) is 44.9 Å². The maximum atomic E-state index is 11.1. The lowest BCUT2D eigenvalue weighted by molar-refractivity contribution is -0.379. The van der Waals surface area contributed by atoms with E-state index in [1.165, 1.54) is 0 Å². The van der Waals surface area contributed by atoms with Crippen LogP contribution in [0.1, 0.15) is 32.8 Å². The van der Waals surface area contributed by atoms with Crippen molar-refractivity contribution in [3.63, 3.8) is 0 Å². The Labute approximate surface area is 138 Å². The Hall–Kier alpha value is -1.69. The Balaban J connectivity index is 2.69. The van der Waals surface area contributed by atoms with Crippen LogP contribution in [-0.4, -0.2) is 31.8 Å². The third kappa shape index (κ3) is 6.52. The summed E-state index contributed by atoms with van der Waals surface area (Å²) in [6.07, 6.45) is 2.43. The maximum Gasteiger partial charge on any atom is 0.335 e. The van der Waals surface area contributed by atoms with E-state index in [2.05, 4.69) is 6.58 Å². The van der Waals surface area contributed by atoms with Gasteiger partial charge in [-0.25, -0.2) is 4.79 Å². The quantitative estimate of drug-likeness (QED) is 0.270. The fraction of sp³-hybridized carbons (Fsp3) is 0.500. The molecule has 5 nitrogen and oxygen atoms in total. The third-order valence-electron chi connectivity index (χ3n) is 3.12. The number of hydrogen-bond acceptors (Lipinski definition) is 5. The van der Waals surface area contributed by atoms with Crippen LogP contribution in [0.3, 0.4) is 0 Å². The second-order valence-electron chi connectivity index (χ2n) is 4.75. The van der Waals surface area contributed by atoms with Crippen molar-refractivity contribution in [2.24, 2.45) is 0 Å². The van der Waals surface area contributed by atoms with Gasteiger partial charge >= 0.3 is 5.97 Å². The molecule has 0 aliphatic heterocycles. The highest BCUT2D eigenvalue weighted by Crippen LogP contribution is 2.23. The molecule has 0 bridgehead atoms. The van der Waals surface area contributed by atoms with Gasteiger partial charge in [0, 0.05) is 32.3 Å². The van der Waals surface area contributed by atoms with Crippen molar-refractivity contribution in [1.29, 1.82) is 0 Å². The molecular formula is C18H26O5. The van der Waals surface area contributed by atoms with E-state index in [9.17, 15) is 4.79 Å². The molecule has 128 valence electrons. The van der Waals surface area contributed by atoms with Gasteiger partial charge in [-0.1, -0.05) is 18.7 Å². The van der Waals surface area contributed by atoms with E-state index in [1.807, 2.05) is 32.9 Å². The molecule has 0 aromatic heterocycles. The lowest BCUT2D eigenvalue weighted by Gasteiger charge is -2.32. The molecule has 23 heavy (non-hydrogen) atoms. The molecule has 0 saturated carbocycles. The fourth-order valence-corrected chi connectivity index (χ4v) is 2.18. The van der Waals surface area contributed by atoms with E-state index in [0.29, 0.717) is 32.0 Å². The standard InChI is InChI=1S/C18H26O5/c1-5-17(19)23-16-11-9-15(10-12-16)13-14-18(20-6-2,21-7-3)22-8-4/h5,9-12H,1,6-8,13-14H2,2-4H3. The summed E-state index contributed by atoms with van der Waals surface area (Å²) in [6.45, 7) is 10.6. The summed E-state index contributed by atoms with van der Waals surface area (Å²) in [5.74, 6) is -0.989. The van der Waals surface area contributed by atoms with Crippen molar-refractivity contribution in [2.45, 2.75) is 39.6 Å². The minimum absolute atomic E-state index is 0.471. The molecule has 0 amide bonds. The molecule has 0 heterocycles. The van der Waals surface area contributed by atoms with E-state index in [1.54, 1.807) is 12.1 Å². The molecule has 0 unspecified atom stereocenters. The molecule has 0 atom stereocenters. The molecule has 0 fully saturated rings. The SMILES string of the molecule is C=CC(=O)Oc1ccc(CCC(OCC)(OCC)OCC)cc1. The summed E-state index contributed by atoms with van der Waals surface area (Å²) in [4.78, 5) is 11.1. The molecule has 1 aromatic carbocycles. The number of benzene rings is 1. The van der Waals surface area contributed by atoms with Crippen molar-refractivity contribution in [2.75, 3.05) is 19.8 Å². The molecule has 5 heteroatoms. The first-order valence-electron chi connectivity index (χ1n) is 7.94. The lowest BCUT2D eigenvalue weighted by atomic mass is 10.1. The number of carbonyl (C=O) groups is 1. The van der Waals surface area contributed by atoms with Crippen LogP contribution in [0.25, 0.3) is 0 Å². The van der Waals surface area contributed by atoms with Crippen LogP contribution < -0.4 is 4.74 Å². The Kier molecular flexibility index (Phi) is 8.55. The topological polar surface area (TPSA) is 54.0 Å². The van der Waals surface area contributed by atoms with Crippen LogP contribution in [0.4, 0.5) is 0 Å². The predicted molar refractivity (Wildman–Crippen MR) is 88.2 cm³/mol. The maximum absolute atomic E-state index is 11.1. The highest BCUT2D eigenvalue weighted by Gasteiger charge is 2.32. The van der Waals surface area contributed by atoms with Crippen molar-refractivity contribution >= 4 is 5.97 Å². The Morgan fingerprint density at radius 1 is 1.04 bits per heavy atom. The van der Waals surface area contributed by atoms with Crippen LogP contribution >= 0.6 is 0 Å². The fourth-order valence-electron chi connectivity index (χ4n) is 2.18. The van der Waals surface area contributed by atoms with Gasteiger partial charge in [-0.2, -0.15) is 0 Å². The van der Waals surface area contributed by atoms with Gasteiger partial charge in [0.05, 0.1) is 0 Å². The molecule has 1 aromatic rings. The van der Waals surface area contributed by atoms with Gasteiger partial charge in [-0.15, -0.1) is 0 Å². The molecule has 0 radical (unpaired) electrons. The van der Waals surface area contributed by atoms with Crippen LogP contribution in [0.15, 0.2) is 36.9 Å². The summed E-state index contributed by atoms with van der Waals surface area (Å²) in [5, 5.41) is 0. The van der Waals surface area contributed by atoms with Crippen molar-refractivity contribution in [3.8, 4) is 5.75 Å². The molecule has 0 spiro atoms. The van der Waals surface area contributed by atoms with E-state index < -0.39 is 11.9 Å². The predicted octanol–water partition coefficient (Wildman–Crippen LogP) is 3.47. The summed E-state index contributed by atoms with van der Waals surface area (Å²) in [5.41, 5.74) is 1.08. The Morgan fingerprint density at radius 2 is 1.57 bits per heavy atom. The molecular weight excluding hydrogens is 296 g/mol. The summed E-state index contributed by atoms with van der Waals surface area (Å²) >= 11 is 0. The molecule has 0 aliphatic rings. The van der Waals surface area contributed by atoms with Gasteiger partial charge in [0.2, 0.25) is 0 Å². The minimum atomic E-state index is -1.01. The van der Waals surface area contributed by atoms with Crippen LogP contribution in [-0.2, 0) is 25.4 Å². The third-order valence-corrected chi connectivity index (χ3v) is 3.12. The highest BCUT2D eigenvalue weighted by atomic mass is 16.9. The Bertz CT molecular complexity index is 464. The first kappa shape index (κ1) is 19.4. The number of rotatable bonds is 11. The normalized spacial score (nSPS) is 11.3. The van der Waals surface area contributed by atoms with Crippen LogP contribution in [0.2, 0.25) is 0 Å². The van der Waals surface area contributed by atoms with Gasteiger partial charge in [-0.3, -0.25) is 0 Å². The number of aryl methyl sites for hydroxylation is 1. The molecule has 0 aliphatic carbocycles. The highest BCUT2D eigenvalue weighted by molar-refractivity contribution is 5.83. The second-order valence-corrected chi connectivity index (χ2v) is 4.75. The molecule has 0 saturated heterocycles. The van der Waals surface area contributed by atoms with Crippen molar-refractivity contribution < 1.29 is 23.7 Å². The summed E-state index contributed by atoms with van der Waals surface area (Å²) < 4.78 is 22.1. The van der Waals surface area contributed by atoms with Gasteiger partial charge < -0.3 is 18.9 Å². The first-order chi connectivity index (χ1) is 11.1. The average molecular weight is 322 g/mol. The summed E-state index contributed by atoms with van der Waals surface area (Å²) in [6, 6.07) is 7.31. The smallest absolute Gasteiger partial charge is 0.335 e. The lowest BCUT2D eigenvalue weighted by Crippen LogP contribution is -2.40. The van der Waals surface area contributed by atoms with E-state index in [0.717, 1.165) is 18.1 Å². The largest absolute Gasteiger partial charge is 0.423 e. The summed E-state index contributed by atoms with van der Waals surface area (Å²) in [7, 11) is 0. The zero-order chi connectivity index (χ0) is 17.1. The van der Waals surface area contributed by atoms with Crippen LogP contribution in [0, 0.1) is 0 Å². The Morgan fingerprint density at radius 3 is 2.00 bits per heavy atom. The van der Waals surface area contributed by atoms with Crippen molar-refractivity contribution in [1.82, 2.24) is 0 Å². The molecule has 0 N–H and O–H groups in total. The van der Waals surface area contributed by atoms with E-state index in [-0.39, 0.29) is 0 Å². The minimum Gasteiger partial charge on any atom is -0.423 e. The number of hydrogen-bond donors (Lipinski definition) is 0. The number of esters is 1. The van der Waals surface area contributed by atoms with E-state index >= 15 is 0 Å². The number of carbonyl (C=O) groups excluding carboxylic acids is 1. The second kappa shape index (κ2) is 10.2. The van der Waals surface area contributed by atoms with E-state index in [4.69, 9.17) is 18.9 Å². The first-order valence-corrected chi connectivity index (χ1v) is 7.94. The van der Waals surface area contributed by atoms with Crippen LogP contribution in [0.5, 0.6) is 5.75 Å². The average Bonchev–Trinajstić information content (AvgIpc) is 2.55. The van der Waals surface area contributed by atoms with Gasteiger partial charge in [0.1, 0.15) is 5.75 Å². The monoisotopic (exact) mass is 322 g/mol. The van der Waals surface area contributed by atoms with Gasteiger partial charge in [0.25, 0.3) is 5.97 Å². The molecule has 1 rings (SSSR count). The zero-order valence-electron chi connectivity index (χ0n) is 14.2. The van der Waals surface area contributed by atoms with Gasteiger partial charge in [0.15, 0.2) is 0 Å².